The average Bonchev–Trinajstić information content (AvgIpc) is 3.40. The van der Waals surface area contributed by atoms with Gasteiger partial charge in [-0.05, 0) is 31.0 Å². The summed E-state index contributed by atoms with van der Waals surface area (Å²) >= 11 is 7.14. The molecule has 1 aliphatic rings. The normalized spacial score (nSPS) is 15.6. The van der Waals surface area contributed by atoms with Crippen LogP contribution in [0.3, 0.4) is 0 Å². The number of thiazole rings is 1. The van der Waals surface area contributed by atoms with E-state index >= 15 is 0 Å². The van der Waals surface area contributed by atoms with Crippen LogP contribution in [-0.4, -0.2) is 51.7 Å². The summed E-state index contributed by atoms with van der Waals surface area (Å²) < 4.78 is 47.9. The molecule has 0 saturated carbocycles. The van der Waals surface area contributed by atoms with E-state index in [0.717, 1.165) is 28.2 Å². The van der Waals surface area contributed by atoms with E-state index < -0.39 is 24.2 Å². The van der Waals surface area contributed by atoms with Crippen molar-refractivity contribution in [3.8, 4) is 5.88 Å². The van der Waals surface area contributed by atoms with Gasteiger partial charge in [-0.1, -0.05) is 35.9 Å². The minimum atomic E-state index is -2.76. The molecule has 1 N–H and O–H groups in total. The molecular formula is C26H23ClF3N5O2S. The van der Waals surface area contributed by atoms with Crippen LogP contribution in [0.2, 0.25) is 5.02 Å². The highest BCUT2D eigenvalue weighted by Gasteiger charge is 2.32. The van der Waals surface area contributed by atoms with Gasteiger partial charge in [-0.2, -0.15) is 5.10 Å². The lowest BCUT2D eigenvalue weighted by Crippen LogP contribution is -2.44. The molecule has 2 aromatic heterocycles. The summed E-state index contributed by atoms with van der Waals surface area (Å²) in [6.45, 7) is 1.01. The molecule has 198 valence electrons. The molecule has 38 heavy (non-hydrogen) atoms. The quantitative estimate of drug-likeness (QED) is 0.291. The van der Waals surface area contributed by atoms with E-state index in [0.29, 0.717) is 36.7 Å². The van der Waals surface area contributed by atoms with E-state index in [4.69, 9.17) is 16.3 Å². The largest absolute Gasteiger partial charge is 0.473 e. The van der Waals surface area contributed by atoms with Crippen molar-refractivity contribution in [2.24, 2.45) is 0 Å². The Morgan fingerprint density at radius 1 is 1.18 bits per heavy atom. The number of ether oxygens (including phenoxy) is 1. The number of aromatic nitrogens is 3. The second-order valence-electron chi connectivity index (χ2n) is 8.82. The molecule has 12 heteroatoms. The number of carbonyl (C=O) groups excluding carboxylic acids is 1. The number of fused-ring (bicyclic) bond motifs is 1. The van der Waals surface area contributed by atoms with E-state index in [9.17, 15) is 18.0 Å². The van der Waals surface area contributed by atoms with Gasteiger partial charge in [0, 0.05) is 30.4 Å². The topological polar surface area (TPSA) is 80.2 Å². The molecule has 0 aliphatic carbocycles. The van der Waals surface area contributed by atoms with Crippen LogP contribution in [0.1, 0.15) is 46.2 Å². The van der Waals surface area contributed by atoms with Gasteiger partial charge >= 0.3 is 0 Å². The fourth-order valence-electron chi connectivity index (χ4n) is 4.61. The standard InChI is InChI=1S/C26H23ClF3N5O2S/c27-18-6-3-7-19(28)21(18)25(36)31-13-20(23-22(24(29)30)32-14-38-23)35-10-8-16(9-11-35)37-26-17-5-2-1-4-15(17)12-33-34-26/h1-7,12,14,16,20,24H,8-11,13H2,(H,31,36). The maximum absolute atomic E-state index is 14.3. The van der Waals surface area contributed by atoms with Gasteiger partial charge in [-0.3, -0.25) is 9.69 Å². The van der Waals surface area contributed by atoms with Crippen molar-refractivity contribution in [3.63, 3.8) is 0 Å². The highest BCUT2D eigenvalue weighted by molar-refractivity contribution is 7.09. The number of rotatable bonds is 8. The first-order valence-corrected chi connectivity index (χ1v) is 13.2. The van der Waals surface area contributed by atoms with Gasteiger partial charge in [-0.25, -0.2) is 18.2 Å². The number of alkyl halides is 2. The van der Waals surface area contributed by atoms with Crippen LogP contribution in [0.5, 0.6) is 5.88 Å². The van der Waals surface area contributed by atoms with Crippen molar-refractivity contribution in [2.75, 3.05) is 19.6 Å². The van der Waals surface area contributed by atoms with Crippen molar-refractivity contribution in [1.82, 2.24) is 25.4 Å². The zero-order valence-electron chi connectivity index (χ0n) is 20.0. The van der Waals surface area contributed by atoms with Gasteiger partial charge in [0.05, 0.1) is 33.2 Å². The lowest BCUT2D eigenvalue weighted by atomic mass is 10.0. The van der Waals surface area contributed by atoms with Crippen LogP contribution >= 0.6 is 22.9 Å². The maximum atomic E-state index is 14.3. The van der Waals surface area contributed by atoms with Crippen LogP contribution in [0.15, 0.2) is 54.2 Å². The summed E-state index contributed by atoms with van der Waals surface area (Å²) in [7, 11) is 0. The summed E-state index contributed by atoms with van der Waals surface area (Å²) in [5.74, 6) is -1.02. The summed E-state index contributed by atoms with van der Waals surface area (Å²) in [4.78, 5) is 19.0. The predicted molar refractivity (Wildman–Crippen MR) is 138 cm³/mol. The summed E-state index contributed by atoms with van der Waals surface area (Å²) in [6, 6.07) is 11.1. The summed E-state index contributed by atoms with van der Waals surface area (Å²) in [5.41, 5.74) is 0.770. The molecule has 1 saturated heterocycles. The molecule has 1 unspecified atom stereocenters. The Morgan fingerprint density at radius 2 is 1.97 bits per heavy atom. The molecule has 5 rings (SSSR count). The van der Waals surface area contributed by atoms with Crippen molar-refractivity contribution in [3.05, 3.63) is 81.1 Å². The van der Waals surface area contributed by atoms with Crippen LogP contribution < -0.4 is 10.1 Å². The molecule has 1 fully saturated rings. The summed E-state index contributed by atoms with van der Waals surface area (Å²) in [5, 5.41) is 12.6. The van der Waals surface area contributed by atoms with Crippen LogP contribution in [-0.2, 0) is 0 Å². The predicted octanol–water partition coefficient (Wildman–Crippen LogP) is 5.83. The monoisotopic (exact) mass is 561 g/mol. The van der Waals surface area contributed by atoms with Gasteiger partial charge in [0.1, 0.15) is 17.6 Å². The van der Waals surface area contributed by atoms with E-state index in [-0.39, 0.29) is 28.9 Å². The minimum Gasteiger partial charge on any atom is -0.473 e. The van der Waals surface area contributed by atoms with Crippen molar-refractivity contribution < 1.29 is 22.7 Å². The van der Waals surface area contributed by atoms with E-state index in [1.807, 2.05) is 29.2 Å². The first-order valence-electron chi connectivity index (χ1n) is 12.0. The fraction of sp³-hybridized carbons (Fsp3) is 0.308. The van der Waals surface area contributed by atoms with Crippen LogP contribution in [0.4, 0.5) is 13.2 Å². The Morgan fingerprint density at radius 3 is 2.74 bits per heavy atom. The number of halogens is 4. The Balaban J connectivity index is 1.31. The fourth-order valence-corrected chi connectivity index (χ4v) is 5.79. The zero-order chi connectivity index (χ0) is 26.6. The number of piperidine rings is 1. The second kappa shape index (κ2) is 11.6. The highest BCUT2D eigenvalue weighted by atomic mass is 35.5. The lowest BCUT2D eigenvalue weighted by molar-refractivity contribution is 0.0685. The molecule has 7 nitrogen and oxygen atoms in total. The molecule has 1 atom stereocenters. The molecular weight excluding hydrogens is 539 g/mol. The summed E-state index contributed by atoms with van der Waals surface area (Å²) in [6.07, 6.45) is -0.0151. The van der Waals surface area contributed by atoms with Gasteiger partial charge in [0.15, 0.2) is 0 Å². The Labute approximate surface area is 225 Å². The third-order valence-corrected chi connectivity index (χ3v) is 7.77. The van der Waals surface area contributed by atoms with Crippen LogP contribution in [0.25, 0.3) is 10.8 Å². The molecule has 1 amide bonds. The van der Waals surface area contributed by atoms with Gasteiger partial charge in [0.2, 0.25) is 5.88 Å². The first-order chi connectivity index (χ1) is 18.4. The number of likely N-dealkylation sites (tertiary alicyclic amines) is 1. The molecule has 0 radical (unpaired) electrons. The zero-order valence-corrected chi connectivity index (χ0v) is 21.6. The maximum Gasteiger partial charge on any atom is 0.281 e. The average molecular weight is 562 g/mol. The van der Waals surface area contributed by atoms with E-state index in [1.54, 1.807) is 6.20 Å². The highest BCUT2D eigenvalue weighted by Crippen LogP contribution is 2.35. The van der Waals surface area contributed by atoms with Crippen LogP contribution in [0, 0.1) is 5.82 Å². The molecule has 0 spiro atoms. The van der Waals surface area contributed by atoms with E-state index in [2.05, 4.69) is 20.5 Å². The smallest absolute Gasteiger partial charge is 0.281 e. The first kappa shape index (κ1) is 26.3. The number of amides is 1. The number of benzene rings is 2. The molecule has 0 bridgehead atoms. The number of hydrogen-bond donors (Lipinski definition) is 1. The third-order valence-electron chi connectivity index (χ3n) is 6.51. The van der Waals surface area contributed by atoms with Gasteiger partial charge in [0.25, 0.3) is 12.3 Å². The number of nitrogens with one attached hydrogen (secondary N) is 1. The third kappa shape index (κ3) is 5.59. The number of carbonyl (C=O) groups is 1. The number of nitrogens with zero attached hydrogens (tertiary/aromatic N) is 4. The van der Waals surface area contributed by atoms with Gasteiger partial charge < -0.3 is 10.1 Å². The van der Waals surface area contributed by atoms with Crippen molar-refractivity contribution >= 4 is 39.6 Å². The van der Waals surface area contributed by atoms with Crippen molar-refractivity contribution in [1.29, 1.82) is 0 Å². The Bertz CT molecular complexity index is 1410. The lowest BCUT2D eigenvalue weighted by Gasteiger charge is -2.37. The van der Waals surface area contributed by atoms with Gasteiger partial charge in [-0.15, -0.1) is 16.4 Å². The van der Waals surface area contributed by atoms with E-state index in [1.165, 1.54) is 17.6 Å². The molecule has 1 aliphatic heterocycles. The second-order valence-corrected chi connectivity index (χ2v) is 10.1. The molecule has 4 aromatic rings. The Hall–Kier alpha value is -3.28. The SMILES string of the molecule is O=C(NCC(c1scnc1C(F)F)N1CCC(Oc2nncc3ccccc23)CC1)c1c(F)cccc1Cl. The number of hydrogen-bond acceptors (Lipinski definition) is 7. The molecule has 2 aromatic carbocycles. The minimum absolute atomic E-state index is 0.0221. The Kier molecular flexibility index (Phi) is 8.06. The molecule has 3 heterocycles. The van der Waals surface area contributed by atoms with Crippen molar-refractivity contribution in [2.45, 2.75) is 31.4 Å².